The lowest BCUT2D eigenvalue weighted by molar-refractivity contribution is 0.395. The average molecular weight is 244 g/mol. The summed E-state index contributed by atoms with van der Waals surface area (Å²) in [5.41, 5.74) is 2.79. The molecule has 0 heterocycles. The van der Waals surface area contributed by atoms with E-state index in [1.54, 1.807) is 12.2 Å². The van der Waals surface area contributed by atoms with Gasteiger partial charge in [0.25, 0.3) is 0 Å². The molecule has 0 saturated heterocycles. The number of phenolic OH excluding ortho intramolecular Hbond substituents is 1. The van der Waals surface area contributed by atoms with E-state index >= 15 is 0 Å². The summed E-state index contributed by atoms with van der Waals surface area (Å²) in [4.78, 5) is 0. The minimum absolute atomic E-state index is 0.255. The van der Waals surface area contributed by atoms with Crippen molar-refractivity contribution in [1.82, 2.24) is 0 Å². The van der Waals surface area contributed by atoms with Crippen molar-refractivity contribution in [1.29, 1.82) is 0 Å². The summed E-state index contributed by atoms with van der Waals surface area (Å²) in [7, 11) is 0. The highest BCUT2D eigenvalue weighted by Crippen LogP contribution is 2.32. The van der Waals surface area contributed by atoms with Gasteiger partial charge in [-0.15, -0.1) is 0 Å². The Labute approximate surface area is 103 Å². The second-order valence-corrected chi connectivity index (χ2v) is 4.30. The van der Waals surface area contributed by atoms with Gasteiger partial charge in [-0.05, 0) is 29.2 Å². The van der Waals surface area contributed by atoms with Crippen LogP contribution in [-0.2, 0) is 6.42 Å². The summed E-state index contributed by atoms with van der Waals surface area (Å²) >= 11 is 0. The number of halogens is 2. The molecule has 1 nitrogen and oxygen atoms in total. The minimum atomic E-state index is -0.918. The molecule has 0 amide bonds. The lowest BCUT2D eigenvalue weighted by Gasteiger charge is -2.08. The summed E-state index contributed by atoms with van der Waals surface area (Å²) in [5.74, 6) is -2.72. The topological polar surface area (TPSA) is 20.2 Å². The summed E-state index contributed by atoms with van der Waals surface area (Å²) in [6.45, 7) is 0. The van der Waals surface area contributed by atoms with Crippen LogP contribution in [0.3, 0.4) is 0 Å². The third kappa shape index (κ3) is 1.59. The lowest BCUT2D eigenvalue weighted by atomic mass is 9.99. The Morgan fingerprint density at radius 1 is 1.00 bits per heavy atom. The predicted molar refractivity (Wildman–Crippen MR) is 66.2 cm³/mol. The van der Waals surface area contributed by atoms with Crippen molar-refractivity contribution in [3.8, 4) is 5.75 Å². The van der Waals surface area contributed by atoms with Crippen LogP contribution >= 0.6 is 0 Å². The van der Waals surface area contributed by atoms with Crippen LogP contribution < -0.4 is 0 Å². The standard InChI is InChI=1S/C15H10F2O/c16-13-8-11-7-10-4-2-1-3-9(10)5-6-12(11)14(17)15(13)18/h1-6,8,18H,7H2. The number of rotatable bonds is 0. The smallest absolute Gasteiger partial charge is 0.188 e. The Hall–Kier alpha value is -2.16. The lowest BCUT2D eigenvalue weighted by Crippen LogP contribution is -1.97. The van der Waals surface area contributed by atoms with Gasteiger partial charge in [0.2, 0.25) is 0 Å². The van der Waals surface area contributed by atoms with Crippen LogP contribution in [0.5, 0.6) is 5.75 Å². The number of aromatic hydroxyl groups is 1. The van der Waals surface area contributed by atoms with E-state index in [9.17, 15) is 13.9 Å². The van der Waals surface area contributed by atoms with Crippen molar-refractivity contribution in [2.75, 3.05) is 0 Å². The van der Waals surface area contributed by atoms with E-state index in [0.29, 0.717) is 12.0 Å². The van der Waals surface area contributed by atoms with Crippen LogP contribution in [0.15, 0.2) is 30.3 Å². The fourth-order valence-electron chi connectivity index (χ4n) is 2.23. The molecule has 0 bridgehead atoms. The van der Waals surface area contributed by atoms with Gasteiger partial charge in [0.15, 0.2) is 17.4 Å². The molecular weight excluding hydrogens is 234 g/mol. The fourth-order valence-corrected chi connectivity index (χ4v) is 2.23. The van der Waals surface area contributed by atoms with Crippen molar-refractivity contribution >= 4 is 12.2 Å². The number of benzene rings is 2. The molecule has 0 atom stereocenters. The second kappa shape index (κ2) is 3.95. The molecule has 3 rings (SSSR count). The molecule has 0 radical (unpaired) electrons. The number of phenols is 1. The van der Waals surface area contributed by atoms with Gasteiger partial charge in [-0.3, -0.25) is 0 Å². The molecule has 18 heavy (non-hydrogen) atoms. The SMILES string of the molecule is Oc1c(F)cc2c(c1F)C=Cc1ccccc1C2. The number of fused-ring (bicyclic) bond motifs is 2. The predicted octanol–water partition coefficient (Wildman–Crippen LogP) is 3.75. The molecule has 90 valence electrons. The third-order valence-electron chi connectivity index (χ3n) is 3.18. The van der Waals surface area contributed by atoms with Crippen molar-refractivity contribution in [3.05, 3.63) is 64.2 Å². The summed E-state index contributed by atoms with van der Waals surface area (Å²) in [6.07, 6.45) is 3.81. The monoisotopic (exact) mass is 244 g/mol. The molecule has 0 aromatic heterocycles. The Balaban J connectivity index is 2.24. The first-order valence-electron chi connectivity index (χ1n) is 5.62. The molecule has 1 aliphatic rings. The summed E-state index contributed by atoms with van der Waals surface area (Å²) in [5, 5.41) is 9.29. The van der Waals surface area contributed by atoms with Gasteiger partial charge in [-0.2, -0.15) is 0 Å². The van der Waals surface area contributed by atoms with Crippen LogP contribution in [0, 0.1) is 11.6 Å². The third-order valence-corrected chi connectivity index (χ3v) is 3.18. The van der Waals surface area contributed by atoms with Crippen molar-refractivity contribution < 1.29 is 13.9 Å². The molecule has 3 heteroatoms. The zero-order valence-corrected chi connectivity index (χ0v) is 9.45. The first-order chi connectivity index (χ1) is 8.66. The first kappa shape index (κ1) is 11.0. The quantitative estimate of drug-likeness (QED) is 0.638. The van der Waals surface area contributed by atoms with E-state index in [0.717, 1.165) is 11.1 Å². The van der Waals surface area contributed by atoms with Gasteiger partial charge in [0, 0.05) is 5.56 Å². The Kier molecular flexibility index (Phi) is 2.40. The molecule has 2 aromatic carbocycles. The molecular formula is C15H10F2O. The van der Waals surface area contributed by atoms with Crippen LogP contribution in [0.25, 0.3) is 12.2 Å². The zero-order chi connectivity index (χ0) is 12.7. The molecule has 0 unspecified atom stereocenters. The molecule has 1 aliphatic carbocycles. The van der Waals surface area contributed by atoms with E-state index in [1.807, 2.05) is 24.3 Å². The van der Waals surface area contributed by atoms with Crippen molar-refractivity contribution in [2.24, 2.45) is 0 Å². The normalized spacial score (nSPS) is 12.8. The Bertz CT molecular complexity index is 660. The molecule has 0 spiro atoms. The highest BCUT2D eigenvalue weighted by Gasteiger charge is 2.18. The molecule has 0 saturated carbocycles. The largest absolute Gasteiger partial charge is 0.503 e. The van der Waals surface area contributed by atoms with E-state index in [1.165, 1.54) is 6.07 Å². The molecule has 0 aliphatic heterocycles. The van der Waals surface area contributed by atoms with Crippen LogP contribution in [-0.4, -0.2) is 5.11 Å². The molecule has 0 fully saturated rings. The fraction of sp³-hybridized carbons (Fsp3) is 0.0667. The van der Waals surface area contributed by atoms with Gasteiger partial charge < -0.3 is 5.11 Å². The molecule has 1 N–H and O–H groups in total. The van der Waals surface area contributed by atoms with Gasteiger partial charge >= 0.3 is 0 Å². The van der Waals surface area contributed by atoms with Crippen LogP contribution in [0.4, 0.5) is 8.78 Å². The maximum Gasteiger partial charge on any atom is 0.188 e. The average Bonchev–Trinajstić information content (AvgIpc) is 2.55. The number of hydrogen-bond acceptors (Lipinski definition) is 1. The maximum absolute atomic E-state index is 13.8. The van der Waals surface area contributed by atoms with Crippen LogP contribution in [0.2, 0.25) is 0 Å². The van der Waals surface area contributed by atoms with Gasteiger partial charge in [0.1, 0.15) is 0 Å². The van der Waals surface area contributed by atoms with Crippen LogP contribution in [0.1, 0.15) is 22.3 Å². The minimum Gasteiger partial charge on any atom is -0.503 e. The van der Waals surface area contributed by atoms with E-state index in [2.05, 4.69) is 0 Å². The van der Waals surface area contributed by atoms with Gasteiger partial charge in [-0.25, -0.2) is 8.78 Å². The second-order valence-electron chi connectivity index (χ2n) is 4.30. The molecule has 2 aromatic rings. The number of hydrogen-bond donors (Lipinski definition) is 1. The van der Waals surface area contributed by atoms with Gasteiger partial charge in [0.05, 0.1) is 0 Å². The maximum atomic E-state index is 13.8. The summed E-state index contributed by atoms with van der Waals surface area (Å²) < 4.78 is 27.2. The zero-order valence-electron chi connectivity index (χ0n) is 9.45. The van der Waals surface area contributed by atoms with Crippen molar-refractivity contribution in [2.45, 2.75) is 6.42 Å². The van der Waals surface area contributed by atoms with E-state index in [-0.39, 0.29) is 5.56 Å². The first-order valence-corrected chi connectivity index (χ1v) is 5.62. The summed E-state index contributed by atoms with van der Waals surface area (Å²) in [6, 6.07) is 8.84. The van der Waals surface area contributed by atoms with E-state index < -0.39 is 17.4 Å². The van der Waals surface area contributed by atoms with Gasteiger partial charge in [-0.1, -0.05) is 36.4 Å². The van der Waals surface area contributed by atoms with E-state index in [4.69, 9.17) is 0 Å². The highest BCUT2D eigenvalue weighted by molar-refractivity contribution is 5.76. The Morgan fingerprint density at radius 3 is 2.61 bits per heavy atom. The highest BCUT2D eigenvalue weighted by atomic mass is 19.1. The Morgan fingerprint density at radius 2 is 1.78 bits per heavy atom. The van der Waals surface area contributed by atoms with Crippen molar-refractivity contribution in [3.63, 3.8) is 0 Å².